The zero-order chi connectivity index (χ0) is 16.2. The second kappa shape index (κ2) is 6.91. The molecule has 8 nitrogen and oxygen atoms in total. The molecule has 0 unspecified atom stereocenters. The van der Waals surface area contributed by atoms with Crippen molar-refractivity contribution in [3.05, 3.63) is 30.1 Å². The highest BCUT2D eigenvalue weighted by Crippen LogP contribution is 2.20. The molecule has 0 aromatic carbocycles. The fourth-order valence-corrected chi connectivity index (χ4v) is 3.12. The van der Waals surface area contributed by atoms with E-state index in [1.54, 1.807) is 11.0 Å². The summed E-state index contributed by atoms with van der Waals surface area (Å²) in [5.41, 5.74) is 6.49. The third kappa shape index (κ3) is 3.95. The minimum Gasteiger partial charge on any atom is -0.363 e. The van der Waals surface area contributed by atoms with Crippen molar-refractivity contribution < 1.29 is 4.79 Å². The molecule has 2 aromatic rings. The molecule has 0 aliphatic carbocycles. The molecule has 0 radical (unpaired) electrons. The van der Waals surface area contributed by atoms with Gasteiger partial charge in [0.2, 0.25) is 5.82 Å². The van der Waals surface area contributed by atoms with Gasteiger partial charge < -0.3 is 10.6 Å². The summed E-state index contributed by atoms with van der Waals surface area (Å²) in [6, 6.07) is 0.266. The van der Waals surface area contributed by atoms with E-state index in [0.717, 1.165) is 45.3 Å². The Morgan fingerprint density at radius 2 is 2.35 bits per heavy atom. The molecule has 0 bridgehead atoms. The first-order chi connectivity index (χ1) is 11.1. The Bertz CT molecular complexity index is 662. The highest BCUT2D eigenvalue weighted by molar-refractivity contribution is 5.88. The first-order valence-electron chi connectivity index (χ1n) is 8.02. The number of nitrogens with two attached hydrogens (primary N) is 1. The van der Waals surface area contributed by atoms with E-state index in [1.807, 2.05) is 17.9 Å². The maximum atomic E-state index is 11.1. The van der Waals surface area contributed by atoms with Crippen molar-refractivity contribution in [1.29, 1.82) is 0 Å². The van der Waals surface area contributed by atoms with E-state index < -0.39 is 5.91 Å². The molecule has 2 N–H and O–H groups in total. The number of rotatable bonds is 6. The predicted molar refractivity (Wildman–Crippen MR) is 84.8 cm³/mol. The first-order valence-corrected chi connectivity index (χ1v) is 8.02. The van der Waals surface area contributed by atoms with Crippen molar-refractivity contribution >= 4 is 5.91 Å². The quantitative estimate of drug-likeness (QED) is 0.831. The molecular formula is C15H23N7O. The van der Waals surface area contributed by atoms with Crippen LogP contribution in [0.5, 0.6) is 0 Å². The normalized spacial score (nSPS) is 19.1. The van der Waals surface area contributed by atoms with Gasteiger partial charge in [-0.3, -0.25) is 9.48 Å². The van der Waals surface area contributed by atoms with Crippen LogP contribution in [-0.2, 0) is 13.5 Å². The van der Waals surface area contributed by atoms with E-state index in [1.165, 1.54) is 5.56 Å². The molecule has 0 spiro atoms. The van der Waals surface area contributed by atoms with Gasteiger partial charge in [-0.2, -0.15) is 5.10 Å². The molecule has 8 heteroatoms. The lowest BCUT2D eigenvalue weighted by Crippen LogP contribution is -2.37. The molecule has 3 rings (SSSR count). The van der Waals surface area contributed by atoms with Crippen molar-refractivity contribution in [2.45, 2.75) is 31.7 Å². The summed E-state index contributed by atoms with van der Waals surface area (Å²) in [7, 11) is 1.94. The zero-order valence-electron chi connectivity index (χ0n) is 13.4. The largest absolute Gasteiger partial charge is 0.363 e. The molecule has 3 heterocycles. The van der Waals surface area contributed by atoms with Crippen molar-refractivity contribution in [1.82, 2.24) is 29.4 Å². The summed E-state index contributed by atoms with van der Waals surface area (Å²) < 4.78 is 3.63. The number of aromatic nitrogens is 5. The molecule has 1 fully saturated rings. The number of hydrogen-bond donors (Lipinski definition) is 1. The van der Waals surface area contributed by atoms with Gasteiger partial charge in [-0.15, -0.1) is 5.10 Å². The molecule has 1 aliphatic heterocycles. The first kappa shape index (κ1) is 15.7. The number of piperidine rings is 1. The summed E-state index contributed by atoms with van der Waals surface area (Å²) in [4.78, 5) is 17.5. The average molecular weight is 317 g/mol. The maximum Gasteiger partial charge on any atom is 0.288 e. The van der Waals surface area contributed by atoms with Gasteiger partial charge in [0.1, 0.15) is 6.33 Å². The lowest BCUT2D eigenvalue weighted by Gasteiger charge is -2.32. The maximum absolute atomic E-state index is 11.1. The number of likely N-dealkylation sites (tertiary alicyclic amines) is 1. The van der Waals surface area contributed by atoms with Crippen LogP contribution < -0.4 is 5.73 Å². The third-order valence-corrected chi connectivity index (χ3v) is 4.28. The SMILES string of the molecule is Cn1cc(CCCN2CCC[C@H](n3cnc(C(N)=O)n3)C2)cn1. The van der Waals surface area contributed by atoms with Gasteiger partial charge in [-0.05, 0) is 44.3 Å². The monoisotopic (exact) mass is 317 g/mol. The van der Waals surface area contributed by atoms with Gasteiger partial charge in [0, 0.05) is 19.8 Å². The standard InChI is InChI=1S/C15H23N7O/c1-20-9-12(8-18-20)4-2-6-21-7-3-5-13(10-21)22-11-17-15(19-22)14(16)23/h8-9,11,13H,2-7,10H2,1H3,(H2,16,23)/t13-/m0/s1. The van der Waals surface area contributed by atoms with Crippen LogP contribution in [0.15, 0.2) is 18.7 Å². The Balaban J connectivity index is 1.50. The van der Waals surface area contributed by atoms with Gasteiger partial charge in [0.05, 0.1) is 12.2 Å². The van der Waals surface area contributed by atoms with Crippen molar-refractivity contribution in [2.24, 2.45) is 12.8 Å². The van der Waals surface area contributed by atoms with Crippen LogP contribution in [0.3, 0.4) is 0 Å². The lowest BCUT2D eigenvalue weighted by atomic mass is 10.1. The fraction of sp³-hybridized carbons (Fsp3) is 0.600. The fourth-order valence-electron chi connectivity index (χ4n) is 3.12. The van der Waals surface area contributed by atoms with Gasteiger partial charge in [-0.1, -0.05) is 0 Å². The molecule has 1 aliphatic rings. The topological polar surface area (TPSA) is 94.9 Å². The van der Waals surface area contributed by atoms with E-state index >= 15 is 0 Å². The van der Waals surface area contributed by atoms with Crippen LogP contribution in [0.1, 0.15) is 41.5 Å². The number of nitrogens with zero attached hydrogens (tertiary/aromatic N) is 6. The highest BCUT2D eigenvalue weighted by atomic mass is 16.1. The molecule has 2 aromatic heterocycles. The molecular weight excluding hydrogens is 294 g/mol. The van der Waals surface area contributed by atoms with Crippen LogP contribution in [-0.4, -0.2) is 55.0 Å². The summed E-state index contributed by atoms with van der Waals surface area (Å²) >= 11 is 0. The summed E-state index contributed by atoms with van der Waals surface area (Å²) in [6.45, 7) is 3.11. The average Bonchev–Trinajstić information content (AvgIpc) is 3.17. The summed E-state index contributed by atoms with van der Waals surface area (Å²) in [5, 5.41) is 8.39. The van der Waals surface area contributed by atoms with Gasteiger partial charge in [0.25, 0.3) is 5.91 Å². The Kier molecular flexibility index (Phi) is 4.71. The number of hydrogen-bond acceptors (Lipinski definition) is 5. The Morgan fingerprint density at radius 1 is 1.48 bits per heavy atom. The number of primary amides is 1. The van der Waals surface area contributed by atoms with E-state index in [0.29, 0.717) is 0 Å². The molecule has 23 heavy (non-hydrogen) atoms. The molecule has 1 atom stereocenters. The number of carbonyl (C=O) groups is 1. The van der Waals surface area contributed by atoms with E-state index in [2.05, 4.69) is 26.3 Å². The highest BCUT2D eigenvalue weighted by Gasteiger charge is 2.22. The van der Waals surface area contributed by atoms with Crippen LogP contribution in [0, 0.1) is 0 Å². The van der Waals surface area contributed by atoms with Crippen molar-refractivity contribution in [3.8, 4) is 0 Å². The number of amides is 1. The number of carbonyl (C=O) groups excluding carboxylic acids is 1. The smallest absolute Gasteiger partial charge is 0.288 e. The van der Waals surface area contributed by atoms with Crippen LogP contribution in [0.4, 0.5) is 0 Å². The molecule has 1 saturated heterocycles. The Hall–Kier alpha value is -2.22. The van der Waals surface area contributed by atoms with Gasteiger partial charge in [0.15, 0.2) is 0 Å². The van der Waals surface area contributed by atoms with Crippen molar-refractivity contribution in [2.75, 3.05) is 19.6 Å². The van der Waals surface area contributed by atoms with Crippen molar-refractivity contribution in [3.63, 3.8) is 0 Å². The summed E-state index contributed by atoms with van der Waals surface area (Å²) in [5.74, 6) is -0.480. The van der Waals surface area contributed by atoms with Gasteiger partial charge in [-0.25, -0.2) is 9.67 Å². The van der Waals surface area contributed by atoms with Gasteiger partial charge >= 0.3 is 0 Å². The lowest BCUT2D eigenvalue weighted by molar-refractivity contribution is 0.0989. The van der Waals surface area contributed by atoms with E-state index in [9.17, 15) is 4.79 Å². The predicted octanol–water partition coefficient (Wildman–Crippen LogP) is 0.380. The van der Waals surface area contributed by atoms with E-state index in [-0.39, 0.29) is 11.9 Å². The van der Waals surface area contributed by atoms with Crippen LogP contribution >= 0.6 is 0 Å². The number of aryl methyl sites for hydroxylation is 2. The Morgan fingerprint density at radius 3 is 3.04 bits per heavy atom. The minimum atomic E-state index is -0.576. The summed E-state index contributed by atoms with van der Waals surface area (Å²) in [6.07, 6.45) is 9.96. The molecule has 1 amide bonds. The van der Waals surface area contributed by atoms with E-state index in [4.69, 9.17) is 5.73 Å². The van der Waals surface area contributed by atoms with Crippen LogP contribution in [0.2, 0.25) is 0 Å². The molecule has 0 saturated carbocycles. The van der Waals surface area contributed by atoms with Crippen LogP contribution in [0.25, 0.3) is 0 Å². The minimum absolute atomic E-state index is 0.0960. The second-order valence-electron chi connectivity index (χ2n) is 6.13. The third-order valence-electron chi connectivity index (χ3n) is 4.28. The second-order valence-corrected chi connectivity index (χ2v) is 6.13. The Labute approximate surface area is 135 Å². The molecule has 124 valence electrons. The zero-order valence-corrected chi connectivity index (χ0v) is 13.4.